The number of methoxy groups -OCH3 is 1. The molecule has 0 atom stereocenters. The summed E-state index contributed by atoms with van der Waals surface area (Å²) in [4.78, 5) is 2.62. The van der Waals surface area contributed by atoms with Crippen LogP contribution in [-0.4, -0.2) is 46.6 Å². The van der Waals surface area contributed by atoms with Gasteiger partial charge < -0.3 is 9.64 Å². The van der Waals surface area contributed by atoms with Gasteiger partial charge in [0.15, 0.2) is 0 Å². The lowest BCUT2D eigenvalue weighted by molar-refractivity contribution is 0.298. The van der Waals surface area contributed by atoms with E-state index in [0.717, 1.165) is 43.6 Å². The standard InChI is InChI=1S/C27H34N2O3S/c1-4-28(5-2)21-11-12-22-29(33(30,31)25-19-17-24(32-3)18-20-25)27-16-10-9-15-26(27)23-13-7-6-8-14-23/h6-10,13-20H,4-5,11-12,21-22H2,1-3H3. The molecule has 3 aromatic rings. The molecule has 0 fully saturated rings. The summed E-state index contributed by atoms with van der Waals surface area (Å²) in [5, 5.41) is 0. The van der Waals surface area contributed by atoms with Crippen molar-refractivity contribution in [1.29, 1.82) is 0 Å². The highest BCUT2D eigenvalue weighted by Gasteiger charge is 2.27. The Balaban J connectivity index is 1.97. The van der Waals surface area contributed by atoms with Crippen LogP contribution in [0.4, 0.5) is 5.69 Å². The van der Waals surface area contributed by atoms with Crippen LogP contribution in [0.25, 0.3) is 11.1 Å². The smallest absolute Gasteiger partial charge is 0.264 e. The molecule has 3 rings (SSSR count). The number of sulfonamides is 1. The third kappa shape index (κ3) is 6.15. The summed E-state index contributed by atoms with van der Waals surface area (Å²) in [6.45, 7) is 7.69. The van der Waals surface area contributed by atoms with Gasteiger partial charge in [0.25, 0.3) is 10.0 Å². The van der Waals surface area contributed by atoms with Gasteiger partial charge in [0, 0.05) is 12.1 Å². The van der Waals surface area contributed by atoms with Gasteiger partial charge in [0.1, 0.15) is 5.75 Å². The second-order valence-corrected chi connectivity index (χ2v) is 9.73. The minimum atomic E-state index is -3.76. The third-order valence-corrected chi connectivity index (χ3v) is 7.71. The van der Waals surface area contributed by atoms with E-state index in [1.54, 1.807) is 35.7 Å². The van der Waals surface area contributed by atoms with Crippen LogP contribution in [0, 0.1) is 0 Å². The van der Waals surface area contributed by atoms with Gasteiger partial charge in [-0.2, -0.15) is 0 Å². The summed E-state index contributed by atoms with van der Waals surface area (Å²) in [6, 6.07) is 24.3. The van der Waals surface area contributed by atoms with Crippen LogP contribution in [0.3, 0.4) is 0 Å². The van der Waals surface area contributed by atoms with Gasteiger partial charge in [0.2, 0.25) is 0 Å². The number of anilines is 1. The van der Waals surface area contributed by atoms with Crippen LogP contribution >= 0.6 is 0 Å². The Labute approximate surface area is 198 Å². The molecule has 0 heterocycles. The number of nitrogens with zero attached hydrogens (tertiary/aromatic N) is 2. The van der Waals surface area contributed by atoms with E-state index in [-0.39, 0.29) is 4.90 Å². The van der Waals surface area contributed by atoms with E-state index in [1.165, 1.54) is 0 Å². The van der Waals surface area contributed by atoms with Crippen molar-refractivity contribution in [2.75, 3.05) is 37.6 Å². The molecule has 0 aromatic heterocycles. The van der Waals surface area contributed by atoms with E-state index in [4.69, 9.17) is 4.74 Å². The summed E-state index contributed by atoms with van der Waals surface area (Å²) in [6.07, 6.45) is 1.71. The lowest BCUT2D eigenvalue weighted by atomic mass is 10.0. The molecule has 0 N–H and O–H groups in total. The number of hydrogen-bond donors (Lipinski definition) is 0. The molecule has 0 unspecified atom stereocenters. The Morgan fingerprint density at radius 3 is 2.00 bits per heavy atom. The molecular weight excluding hydrogens is 432 g/mol. The first-order valence-corrected chi connectivity index (χ1v) is 13.0. The number of rotatable bonds is 12. The van der Waals surface area contributed by atoms with Gasteiger partial charge in [-0.1, -0.05) is 62.4 Å². The first-order valence-electron chi connectivity index (χ1n) is 11.5. The van der Waals surface area contributed by atoms with E-state index in [2.05, 4.69) is 18.7 Å². The largest absolute Gasteiger partial charge is 0.497 e. The molecule has 0 aliphatic rings. The molecule has 0 aliphatic carbocycles. The quantitative estimate of drug-likeness (QED) is 0.322. The maximum absolute atomic E-state index is 13.8. The summed E-state index contributed by atoms with van der Waals surface area (Å²) in [7, 11) is -2.19. The molecule has 0 spiro atoms. The van der Waals surface area contributed by atoms with Crippen LogP contribution in [0.5, 0.6) is 5.75 Å². The summed E-state index contributed by atoms with van der Waals surface area (Å²) in [5.74, 6) is 0.629. The topological polar surface area (TPSA) is 49.9 Å². The Bertz CT molecular complexity index is 1100. The van der Waals surface area contributed by atoms with Crippen molar-refractivity contribution in [3.05, 3.63) is 78.9 Å². The molecule has 5 nitrogen and oxygen atoms in total. The molecule has 33 heavy (non-hydrogen) atoms. The lowest BCUT2D eigenvalue weighted by Gasteiger charge is -2.27. The minimum Gasteiger partial charge on any atom is -0.497 e. The van der Waals surface area contributed by atoms with Gasteiger partial charge >= 0.3 is 0 Å². The van der Waals surface area contributed by atoms with Crippen molar-refractivity contribution in [2.45, 2.75) is 31.6 Å². The molecule has 0 bridgehead atoms. The molecule has 0 radical (unpaired) electrons. The van der Waals surface area contributed by atoms with Gasteiger partial charge in [0.05, 0.1) is 17.7 Å². The van der Waals surface area contributed by atoms with Crippen molar-refractivity contribution in [2.24, 2.45) is 0 Å². The zero-order valence-corrected chi connectivity index (χ0v) is 20.6. The highest BCUT2D eigenvalue weighted by atomic mass is 32.2. The summed E-state index contributed by atoms with van der Waals surface area (Å²) < 4.78 is 34.4. The van der Waals surface area contributed by atoms with Crippen LogP contribution in [0.1, 0.15) is 26.7 Å². The molecule has 176 valence electrons. The zero-order valence-electron chi connectivity index (χ0n) is 19.8. The summed E-state index contributed by atoms with van der Waals surface area (Å²) >= 11 is 0. The predicted molar refractivity (Wildman–Crippen MR) is 136 cm³/mol. The first-order chi connectivity index (χ1) is 16.0. The molecule has 0 aliphatic heterocycles. The van der Waals surface area contributed by atoms with E-state index in [1.807, 2.05) is 54.6 Å². The molecule has 0 saturated carbocycles. The predicted octanol–water partition coefficient (Wildman–Crippen LogP) is 5.68. The zero-order chi connectivity index (χ0) is 23.7. The van der Waals surface area contributed by atoms with Gasteiger partial charge in [-0.05, 0) is 68.4 Å². The number of unbranched alkanes of at least 4 members (excludes halogenated alkanes) is 1. The maximum Gasteiger partial charge on any atom is 0.264 e. The first kappa shape index (κ1) is 24.8. The molecule has 6 heteroatoms. The molecule has 0 amide bonds. The van der Waals surface area contributed by atoms with Crippen molar-refractivity contribution < 1.29 is 13.2 Å². The van der Waals surface area contributed by atoms with Gasteiger partial charge in [-0.15, -0.1) is 0 Å². The average molecular weight is 467 g/mol. The van der Waals surface area contributed by atoms with E-state index in [0.29, 0.717) is 18.0 Å². The van der Waals surface area contributed by atoms with Crippen LogP contribution in [0.15, 0.2) is 83.8 Å². The van der Waals surface area contributed by atoms with Crippen LogP contribution in [-0.2, 0) is 10.0 Å². The fourth-order valence-electron chi connectivity index (χ4n) is 3.93. The van der Waals surface area contributed by atoms with E-state index >= 15 is 0 Å². The molecule has 3 aromatic carbocycles. The number of benzene rings is 3. The normalized spacial score (nSPS) is 11.5. The number of ether oxygens (including phenoxy) is 1. The van der Waals surface area contributed by atoms with Crippen LogP contribution in [0.2, 0.25) is 0 Å². The molecular formula is C27H34N2O3S. The van der Waals surface area contributed by atoms with Crippen molar-refractivity contribution in [3.63, 3.8) is 0 Å². The third-order valence-electron chi connectivity index (χ3n) is 5.88. The van der Waals surface area contributed by atoms with Gasteiger partial charge in [-0.25, -0.2) is 8.42 Å². The maximum atomic E-state index is 13.8. The Hall–Kier alpha value is -2.83. The Morgan fingerprint density at radius 1 is 0.758 bits per heavy atom. The van der Waals surface area contributed by atoms with Crippen molar-refractivity contribution >= 4 is 15.7 Å². The monoisotopic (exact) mass is 466 g/mol. The minimum absolute atomic E-state index is 0.259. The SMILES string of the molecule is CCN(CC)CCCCN(c1ccccc1-c1ccccc1)S(=O)(=O)c1ccc(OC)cc1. The number of hydrogen-bond acceptors (Lipinski definition) is 4. The van der Waals surface area contributed by atoms with E-state index < -0.39 is 10.0 Å². The van der Waals surface area contributed by atoms with Crippen molar-refractivity contribution in [3.8, 4) is 16.9 Å². The summed E-state index contributed by atoms with van der Waals surface area (Å²) in [5.41, 5.74) is 2.59. The van der Waals surface area contributed by atoms with Gasteiger partial charge in [-0.3, -0.25) is 4.31 Å². The second-order valence-electron chi connectivity index (χ2n) is 7.87. The fourth-order valence-corrected chi connectivity index (χ4v) is 5.45. The second kappa shape index (κ2) is 11.9. The molecule has 0 saturated heterocycles. The highest BCUT2D eigenvalue weighted by Crippen LogP contribution is 2.34. The number of para-hydroxylation sites is 1. The van der Waals surface area contributed by atoms with Crippen LogP contribution < -0.4 is 9.04 Å². The highest BCUT2D eigenvalue weighted by molar-refractivity contribution is 7.92. The lowest BCUT2D eigenvalue weighted by Crippen LogP contribution is -2.33. The average Bonchev–Trinajstić information content (AvgIpc) is 2.87. The van der Waals surface area contributed by atoms with E-state index in [9.17, 15) is 8.42 Å². The Morgan fingerprint density at radius 2 is 1.36 bits per heavy atom. The fraction of sp³-hybridized carbons (Fsp3) is 0.333. The Kier molecular flexibility index (Phi) is 8.92. The van der Waals surface area contributed by atoms with Crippen molar-refractivity contribution in [1.82, 2.24) is 4.90 Å².